The van der Waals surface area contributed by atoms with Crippen LogP contribution in [-0.2, 0) is 13.6 Å². The molecule has 23 heavy (non-hydrogen) atoms. The van der Waals surface area contributed by atoms with E-state index in [-0.39, 0.29) is 5.91 Å². The van der Waals surface area contributed by atoms with E-state index >= 15 is 0 Å². The Balaban J connectivity index is 1.69. The van der Waals surface area contributed by atoms with Crippen LogP contribution in [0.3, 0.4) is 0 Å². The van der Waals surface area contributed by atoms with Crippen molar-refractivity contribution in [1.82, 2.24) is 24.6 Å². The molecule has 3 rings (SSSR count). The van der Waals surface area contributed by atoms with Gasteiger partial charge in [-0.1, -0.05) is 0 Å². The minimum absolute atomic E-state index is 0.0927. The third-order valence-corrected chi connectivity index (χ3v) is 4.02. The first kappa shape index (κ1) is 15.0. The molecule has 2 heterocycles. The van der Waals surface area contributed by atoms with Gasteiger partial charge in [-0.15, -0.1) is 0 Å². The van der Waals surface area contributed by atoms with Crippen LogP contribution in [0, 0.1) is 13.8 Å². The van der Waals surface area contributed by atoms with Gasteiger partial charge >= 0.3 is 0 Å². The van der Waals surface area contributed by atoms with Crippen LogP contribution < -0.4 is 5.32 Å². The van der Waals surface area contributed by atoms with Gasteiger partial charge in [-0.2, -0.15) is 5.10 Å². The molecule has 0 aliphatic carbocycles. The van der Waals surface area contributed by atoms with Gasteiger partial charge in [0, 0.05) is 48.5 Å². The van der Waals surface area contributed by atoms with Crippen molar-refractivity contribution in [3.8, 4) is 5.69 Å². The molecule has 0 radical (unpaired) electrons. The number of hydrogen-bond donors (Lipinski definition) is 1. The summed E-state index contributed by atoms with van der Waals surface area (Å²) in [6.07, 6.45) is 5.31. The summed E-state index contributed by atoms with van der Waals surface area (Å²) in [4.78, 5) is 16.3. The van der Waals surface area contributed by atoms with E-state index in [9.17, 15) is 4.79 Å². The monoisotopic (exact) mass is 309 g/mol. The lowest BCUT2D eigenvalue weighted by Gasteiger charge is -2.07. The number of nitrogens with one attached hydrogen (secondary N) is 1. The summed E-state index contributed by atoms with van der Waals surface area (Å²) in [6.45, 7) is 4.43. The van der Waals surface area contributed by atoms with Crippen LogP contribution in [0.2, 0.25) is 0 Å². The second kappa shape index (κ2) is 6.08. The predicted octanol–water partition coefficient (Wildman–Crippen LogP) is 2.15. The molecular formula is C17H19N5O. The summed E-state index contributed by atoms with van der Waals surface area (Å²) in [5.41, 5.74) is 4.68. The maximum atomic E-state index is 12.3. The molecule has 0 unspecified atom stereocenters. The molecule has 0 saturated heterocycles. The topological polar surface area (TPSA) is 64.7 Å². The molecule has 6 heteroatoms. The highest BCUT2D eigenvalue weighted by molar-refractivity contribution is 5.94. The summed E-state index contributed by atoms with van der Waals surface area (Å²) in [7, 11) is 1.91. The van der Waals surface area contributed by atoms with Gasteiger partial charge < -0.3 is 9.88 Å². The van der Waals surface area contributed by atoms with E-state index in [1.807, 2.05) is 60.6 Å². The molecule has 0 spiro atoms. The molecule has 0 bridgehead atoms. The number of aryl methyl sites for hydroxylation is 2. The van der Waals surface area contributed by atoms with Gasteiger partial charge in [0.25, 0.3) is 5.91 Å². The number of hydrogen-bond acceptors (Lipinski definition) is 3. The molecule has 1 aromatic carbocycles. The Labute approximate surface area is 134 Å². The molecule has 0 fully saturated rings. The number of nitrogens with zero attached hydrogens (tertiary/aromatic N) is 4. The second-order valence-corrected chi connectivity index (χ2v) is 5.47. The lowest BCUT2D eigenvalue weighted by atomic mass is 10.1. The van der Waals surface area contributed by atoms with Crippen molar-refractivity contribution in [2.45, 2.75) is 20.4 Å². The zero-order valence-corrected chi connectivity index (χ0v) is 13.4. The van der Waals surface area contributed by atoms with Crippen molar-refractivity contribution in [2.75, 3.05) is 0 Å². The highest BCUT2D eigenvalue weighted by Gasteiger charge is 2.11. The number of carbonyl (C=O) groups excluding carboxylic acids is 1. The van der Waals surface area contributed by atoms with E-state index in [4.69, 9.17) is 0 Å². The number of aromatic nitrogens is 4. The van der Waals surface area contributed by atoms with Crippen LogP contribution >= 0.6 is 0 Å². The molecule has 0 aliphatic rings. The zero-order valence-electron chi connectivity index (χ0n) is 13.4. The smallest absolute Gasteiger partial charge is 0.251 e. The van der Waals surface area contributed by atoms with E-state index in [0.29, 0.717) is 12.1 Å². The first-order chi connectivity index (χ1) is 11.1. The molecule has 0 atom stereocenters. The first-order valence-corrected chi connectivity index (χ1v) is 7.42. The Kier molecular flexibility index (Phi) is 3.97. The number of benzene rings is 1. The summed E-state index contributed by atoms with van der Waals surface area (Å²) in [5.74, 6) is -0.0927. The highest BCUT2D eigenvalue weighted by Crippen LogP contribution is 2.12. The number of carbonyl (C=O) groups is 1. The van der Waals surface area contributed by atoms with Gasteiger partial charge in [-0.05, 0) is 38.1 Å². The average Bonchev–Trinajstić information content (AvgIpc) is 3.16. The van der Waals surface area contributed by atoms with Gasteiger partial charge in [0.05, 0.1) is 12.0 Å². The van der Waals surface area contributed by atoms with E-state index in [2.05, 4.69) is 15.4 Å². The van der Waals surface area contributed by atoms with Gasteiger partial charge in [0.1, 0.15) is 0 Å². The molecule has 0 aliphatic heterocycles. The highest BCUT2D eigenvalue weighted by atomic mass is 16.1. The number of rotatable bonds is 4. The van der Waals surface area contributed by atoms with Gasteiger partial charge in [-0.25, -0.2) is 4.98 Å². The second-order valence-electron chi connectivity index (χ2n) is 5.47. The number of amides is 1. The molecule has 0 saturated carbocycles. The van der Waals surface area contributed by atoms with E-state index in [0.717, 1.165) is 22.6 Å². The first-order valence-electron chi connectivity index (χ1n) is 7.42. The standard InChI is InChI=1S/C17H19N5O/c1-12-16(13(2)21(3)20-12)10-19-17(23)14-4-6-15(7-5-14)22-9-8-18-11-22/h4-9,11H,10H2,1-3H3,(H,19,23). The van der Waals surface area contributed by atoms with Crippen LogP contribution in [0.1, 0.15) is 27.3 Å². The Morgan fingerprint density at radius 1 is 1.22 bits per heavy atom. The molecule has 1 amide bonds. The molecular weight excluding hydrogens is 290 g/mol. The van der Waals surface area contributed by atoms with Crippen molar-refractivity contribution in [3.05, 3.63) is 65.5 Å². The molecule has 1 N–H and O–H groups in total. The van der Waals surface area contributed by atoms with Crippen molar-refractivity contribution >= 4 is 5.91 Å². The van der Waals surface area contributed by atoms with Crippen LogP contribution in [0.4, 0.5) is 0 Å². The molecule has 2 aromatic heterocycles. The van der Waals surface area contributed by atoms with Gasteiger partial charge in [0.15, 0.2) is 0 Å². The molecule has 3 aromatic rings. The lowest BCUT2D eigenvalue weighted by Crippen LogP contribution is -2.23. The third kappa shape index (κ3) is 3.01. The Morgan fingerprint density at radius 2 is 1.96 bits per heavy atom. The van der Waals surface area contributed by atoms with Gasteiger partial charge in [-0.3, -0.25) is 9.48 Å². The average molecular weight is 309 g/mol. The van der Waals surface area contributed by atoms with Gasteiger partial charge in [0.2, 0.25) is 0 Å². The quantitative estimate of drug-likeness (QED) is 0.803. The predicted molar refractivity (Wildman–Crippen MR) is 87.4 cm³/mol. The number of imidazole rings is 1. The Bertz CT molecular complexity index is 816. The van der Waals surface area contributed by atoms with Crippen LogP contribution in [0.25, 0.3) is 5.69 Å². The largest absolute Gasteiger partial charge is 0.348 e. The van der Waals surface area contributed by atoms with Crippen molar-refractivity contribution in [2.24, 2.45) is 7.05 Å². The minimum atomic E-state index is -0.0927. The van der Waals surface area contributed by atoms with Crippen molar-refractivity contribution in [3.63, 3.8) is 0 Å². The van der Waals surface area contributed by atoms with Crippen LogP contribution in [0.5, 0.6) is 0 Å². The maximum absolute atomic E-state index is 12.3. The minimum Gasteiger partial charge on any atom is -0.348 e. The fourth-order valence-corrected chi connectivity index (χ4v) is 2.54. The molecule has 6 nitrogen and oxygen atoms in total. The summed E-state index contributed by atoms with van der Waals surface area (Å²) >= 11 is 0. The summed E-state index contributed by atoms with van der Waals surface area (Å²) < 4.78 is 3.72. The zero-order chi connectivity index (χ0) is 16.4. The SMILES string of the molecule is Cc1nn(C)c(C)c1CNC(=O)c1ccc(-n2ccnc2)cc1. The fourth-order valence-electron chi connectivity index (χ4n) is 2.54. The normalized spacial score (nSPS) is 10.7. The lowest BCUT2D eigenvalue weighted by molar-refractivity contribution is 0.0951. The van der Waals surface area contributed by atoms with Crippen LogP contribution in [0.15, 0.2) is 43.0 Å². The van der Waals surface area contributed by atoms with Crippen molar-refractivity contribution in [1.29, 1.82) is 0 Å². The fraction of sp³-hybridized carbons (Fsp3) is 0.235. The maximum Gasteiger partial charge on any atom is 0.251 e. The Morgan fingerprint density at radius 3 is 2.52 bits per heavy atom. The van der Waals surface area contributed by atoms with E-state index < -0.39 is 0 Å². The van der Waals surface area contributed by atoms with Crippen molar-refractivity contribution < 1.29 is 4.79 Å². The van der Waals surface area contributed by atoms with E-state index in [1.165, 1.54) is 0 Å². The molecule has 118 valence electrons. The Hall–Kier alpha value is -2.89. The van der Waals surface area contributed by atoms with E-state index in [1.54, 1.807) is 12.5 Å². The summed E-state index contributed by atoms with van der Waals surface area (Å²) in [5, 5.41) is 7.31. The summed E-state index contributed by atoms with van der Waals surface area (Å²) in [6, 6.07) is 7.43. The third-order valence-electron chi connectivity index (χ3n) is 4.02. The van der Waals surface area contributed by atoms with Crippen LogP contribution in [-0.4, -0.2) is 25.2 Å².